The summed E-state index contributed by atoms with van der Waals surface area (Å²) in [7, 11) is 0. The van der Waals surface area contributed by atoms with Crippen LogP contribution in [-0.2, 0) is 11.3 Å². The zero-order valence-electron chi connectivity index (χ0n) is 14.2. The third-order valence-electron chi connectivity index (χ3n) is 3.92. The molecule has 1 aliphatic rings. The predicted octanol–water partition coefficient (Wildman–Crippen LogP) is 3.52. The molecule has 1 heterocycles. The van der Waals surface area contributed by atoms with Crippen molar-refractivity contribution in [1.29, 1.82) is 0 Å². The number of hydrogen-bond acceptors (Lipinski definition) is 3. The third-order valence-corrected chi connectivity index (χ3v) is 3.92. The van der Waals surface area contributed by atoms with Gasteiger partial charge in [0, 0.05) is 32.2 Å². The normalized spacial score (nSPS) is 20.0. The second-order valence-electron chi connectivity index (χ2n) is 6.96. The fourth-order valence-corrected chi connectivity index (χ4v) is 2.82. The van der Waals surface area contributed by atoms with Crippen molar-refractivity contribution in [2.24, 2.45) is 0 Å². The van der Waals surface area contributed by atoms with Crippen molar-refractivity contribution < 1.29 is 9.53 Å². The molecule has 0 saturated carbocycles. The first-order valence-electron chi connectivity index (χ1n) is 8.15. The van der Waals surface area contributed by atoms with E-state index < -0.39 is 5.60 Å². The van der Waals surface area contributed by atoms with E-state index in [4.69, 9.17) is 4.74 Å². The molecule has 0 radical (unpaired) electrons. The first-order valence-corrected chi connectivity index (χ1v) is 8.15. The van der Waals surface area contributed by atoms with Gasteiger partial charge in [0.05, 0.1) is 0 Å². The van der Waals surface area contributed by atoms with E-state index >= 15 is 0 Å². The minimum atomic E-state index is -0.434. The van der Waals surface area contributed by atoms with Crippen LogP contribution in [0.2, 0.25) is 0 Å². The molecule has 0 aliphatic carbocycles. The molecule has 2 rings (SSSR count). The molecule has 0 bridgehead atoms. The number of rotatable bonds is 3. The van der Waals surface area contributed by atoms with Crippen molar-refractivity contribution in [3.8, 4) is 0 Å². The van der Waals surface area contributed by atoms with E-state index in [-0.39, 0.29) is 12.1 Å². The number of hydrogen-bond donors (Lipinski definition) is 0. The van der Waals surface area contributed by atoms with Crippen LogP contribution < -0.4 is 0 Å². The van der Waals surface area contributed by atoms with Gasteiger partial charge in [-0.25, -0.2) is 4.79 Å². The van der Waals surface area contributed by atoms with Crippen LogP contribution in [0.5, 0.6) is 0 Å². The Morgan fingerprint density at radius 2 is 1.91 bits per heavy atom. The number of amides is 1. The summed E-state index contributed by atoms with van der Waals surface area (Å²) in [6.07, 6.45) is 0.767. The summed E-state index contributed by atoms with van der Waals surface area (Å²) in [6, 6.07) is 10.7. The molecular formula is C18H28N2O2. The minimum absolute atomic E-state index is 0.182. The number of carbonyl (C=O) groups is 1. The van der Waals surface area contributed by atoms with Gasteiger partial charge in [-0.2, -0.15) is 0 Å². The van der Waals surface area contributed by atoms with Gasteiger partial charge in [0.2, 0.25) is 0 Å². The summed E-state index contributed by atoms with van der Waals surface area (Å²) in [5, 5.41) is 0. The summed E-state index contributed by atoms with van der Waals surface area (Å²) in [6.45, 7) is 11.4. The van der Waals surface area contributed by atoms with Gasteiger partial charge in [-0.05, 0) is 32.8 Å². The quantitative estimate of drug-likeness (QED) is 0.856. The summed E-state index contributed by atoms with van der Waals surface area (Å²) in [5.74, 6) is 0. The zero-order valence-corrected chi connectivity index (χ0v) is 14.2. The number of benzene rings is 1. The van der Waals surface area contributed by atoms with Crippen molar-refractivity contribution in [1.82, 2.24) is 9.80 Å². The summed E-state index contributed by atoms with van der Waals surface area (Å²) >= 11 is 0. The van der Waals surface area contributed by atoms with E-state index in [1.165, 1.54) is 5.56 Å². The van der Waals surface area contributed by atoms with Crippen LogP contribution in [0.1, 0.15) is 39.7 Å². The van der Waals surface area contributed by atoms with Gasteiger partial charge in [0.1, 0.15) is 5.60 Å². The molecule has 1 aliphatic heterocycles. The van der Waals surface area contributed by atoms with Crippen LogP contribution in [-0.4, -0.2) is 47.2 Å². The standard InChI is InChI=1S/C18H28N2O2/c1-5-16-14-19(13-15-9-7-6-8-10-15)11-12-20(16)17(21)22-18(2,3)4/h6-10,16H,5,11-14H2,1-4H3. The number of carbonyl (C=O) groups excluding carboxylic acids is 1. The maximum Gasteiger partial charge on any atom is 0.410 e. The van der Waals surface area contributed by atoms with E-state index in [0.29, 0.717) is 0 Å². The molecule has 1 saturated heterocycles. The number of ether oxygens (including phenoxy) is 1. The lowest BCUT2D eigenvalue weighted by Gasteiger charge is -2.41. The van der Waals surface area contributed by atoms with Gasteiger partial charge in [-0.15, -0.1) is 0 Å². The van der Waals surface area contributed by atoms with Gasteiger partial charge >= 0.3 is 6.09 Å². The Labute approximate surface area is 134 Å². The van der Waals surface area contributed by atoms with Crippen LogP contribution in [0.15, 0.2) is 30.3 Å². The summed E-state index contributed by atoms with van der Waals surface area (Å²) in [4.78, 5) is 16.6. The average molecular weight is 304 g/mol. The van der Waals surface area contributed by atoms with Crippen molar-refractivity contribution in [3.05, 3.63) is 35.9 Å². The Hall–Kier alpha value is -1.55. The van der Waals surface area contributed by atoms with Gasteiger partial charge in [0.15, 0.2) is 0 Å². The Morgan fingerprint density at radius 1 is 1.23 bits per heavy atom. The summed E-state index contributed by atoms with van der Waals surface area (Å²) < 4.78 is 5.53. The highest BCUT2D eigenvalue weighted by molar-refractivity contribution is 5.68. The number of nitrogens with zero attached hydrogens (tertiary/aromatic N) is 2. The summed E-state index contributed by atoms with van der Waals surface area (Å²) in [5.41, 5.74) is 0.888. The fourth-order valence-electron chi connectivity index (χ4n) is 2.82. The van der Waals surface area contributed by atoms with Crippen LogP contribution >= 0.6 is 0 Å². The molecule has 1 unspecified atom stereocenters. The molecular weight excluding hydrogens is 276 g/mol. The first-order chi connectivity index (χ1) is 10.4. The lowest BCUT2D eigenvalue weighted by atomic mass is 10.1. The van der Waals surface area contributed by atoms with Crippen LogP contribution in [0, 0.1) is 0 Å². The molecule has 4 nitrogen and oxygen atoms in total. The molecule has 1 amide bonds. The first kappa shape index (κ1) is 16.8. The second kappa shape index (κ2) is 7.14. The Bertz CT molecular complexity index is 482. The smallest absolute Gasteiger partial charge is 0.410 e. The SMILES string of the molecule is CCC1CN(Cc2ccccc2)CCN1C(=O)OC(C)(C)C. The average Bonchev–Trinajstić information content (AvgIpc) is 2.46. The van der Waals surface area contributed by atoms with Gasteiger partial charge < -0.3 is 9.64 Å². The van der Waals surface area contributed by atoms with Crippen molar-refractivity contribution >= 4 is 6.09 Å². The largest absolute Gasteiger partial charge is 0.444 e. The lowest BCUT2D eigenvalue weighted by Crippen LogP contribution is -2.55. The highest BCUT2D eigenvalue weighted by Crippen LogP contribution is 2.19. The molecule has 1 aromatic rings. The second-order valence-corrected chi connectivity index (χ2v) is 6.96. The molecule has 4 heteroatoms. The maximum atomic E-state index is 12.3. The minimum Gasteiger partial charge on any atom is -0.444 e. The molecule has 22 heavy (non-hydrogen) atoms. The molecule has 0 spiro atoms. The monoisotopic (exact) mass is 304 g/mol. The molecule has 1 atom stereocenters. The van der Waals surface area contributed by atoms with Crippen LogP contribution in [0.3, 0.4) is 0 Å². The van der Waals surface area contributed by atoms with Crippen LogP contribution in [0.25, 0.3) is 0 Å². The fraction of sp³-hybridized carbons (Fsp3) is 0.611. The highest BCUT2D eigenvalue weighted by Gasteiger charge is 2.32. The molecule has 0 aromatic heterocycles. The Morgan fingerprint density at radius 3 is 2.50 bits per heavy atom. The van der Waals surface area contributed by atoms with Gasteiger partial charge in [0.25, 0.3) is 0 Å². The van der Waals surface area contributed by atoms with Crippen molar-refractivity contribution in [2.45, 2.75) is 52.3 Å². The van der Waals surface area contributed by atoms with Crippen molar-refractivity contribution in [2.75, 3.05) is 19.6 Å². The maximum absolute atomic E-state index is 12.3. The Balaban J connectivity index is 1.95. The van der Waals surface area contributed by atoms with Gasteiger partial charge in [-0.3, -0.25) is 4.90 Å². The molecule has 1 fully saturated rings. The molecule has 0 N–H and O–H groups in total. The zero-order chi connectivity index (χ0) is 16.2. The molecule has 122 valence electrons. The molecule has 1 aromatic carbocycles. The van der Waals surface area contributed by atoms with E-state index in [0.717, 1.165) is 32.6 Å². The van der Waals surface area contributed by atoms with Crippen LogP contribution in [0.4, 0.5) is 4.79 Å². The van der Waals surface area contributed by atoms with Crippen molar-refractivity contribution in [3.63, 3.8) is 0 Å². The highest BCUT2D eigenvalue weighted by atomic mass is 16.6. The predicted molar refractivity (Wildman–Crippen MR) is 88.7 cm³/mol. The van der Waals surface area contributed by atoms with E-state index in [1.807, 2.05) is 31.7 Å². The number of piperazine rings is 1. The third kappa shape index (κ3) is 4.73. The van der Waals surface area contributed by atoms with Gasteiger partial charge in [-0.1, -0.05) is 37.3 Å². The van der Waals surface area contributed by atoms with E-state index in [2.05, 4.69) is 36.1 Å². The Kier molecular flexibility index (Phi) is 5.46. The topological polar surface area (TPSA) is 32.8 Å². The van der Waals surface area contributed by atoms with E-state index in [9.17, 15) is 4.79 Å². The lowest BCUT2D eigenvalue weighted by molar-refractivity contribution is -0.00300. The van der Waals surface area contributed by atoms with E-state index in [1.54, 1.807) is 0 Å².